The van der Waals surface area contributed by atoms with Crippen molar-refractivity contribution in [2.75, 3.05) is 0 Å². The Kier molecular flexibility index (Phi) is 4.71. The Labute approximate surface area is 93.6 Å². The smallest absolute Gasteiger partial charge is 0.233 e. The molecule has 0 spiro atoms. The van der Waals surface area contributed by atoms with Gasteiger partial charge in [0, 0.05) is 16.6 Å². The van der Waals surface area contributed by atoms with Crippen LogP contribution >= 0.6 is 11.8 Å². The highest BCUT2D eigenvalue weighted by molar-refractivity contribution is 8.00. The lowest BCUT2D eigenvalue weighted by Crippen LogP contribution is -2.30. The summed E-state index contributed by atoms with van der Waals surface area (Å²) in [5.41, 5.74) is 2.12. The summed E-state index contributed by atoms with van der Waals surface area (Å²) in [5.74, 6) is 5.80. The lowest BCUT2D eigenvalue weighted by atomic mass is 10.2. The van der Waals surface area contributed by atoms with Crippen molar-refractivity contribution in [2.45, 2.75) is 36.8 Å². The summed E-state index contributed by atoms with van der Waals surface area (Å²) in [6.45, 7) is 4.02. The van der Waals surface area contributed by atoms with E-state index in [1.165, 1.54) is 0 Å². The minimum atomic E-state index is -0.119. The lowest BCUT2D eigenvalue weighted by Gasteiger charge is -2.09. The summed E-state index contributed by atoms with van der Waals surface area (Å²) < 4.78 is 5.19. The summed E-state index contributed by atoms with van der Waals surface area (Å²) in [6.07, 6.45) is 2.94. The van der Waals surface area contributed by atoms with Gasteiger partial charge in [-0.1, -0.05) is 6.92 Å². The SMILES string of the molecule is Cc1occc1SC(C)CCC(=O)NN. The third kappa shape index (κ3) is 3.97. The first kappa shape index (κ1) is 12.1. The number of hydrazine groups is 1. The molecule has 0 aliphatic heterocycles. The number of nitrogens with two attached hydrogens (primary N) is 1. The van der Waals surface area contributed by atoms with Gasteiger partial charge in [-0.3, -0.25) is 10.2 Å². The Morgan fingerprint density at radius 2 is 2.47 bits per heavy atom. The highest BCUT2D eigenvalue weighted by Gasteiger charge is 2.10. The van der Waals surface area contributed by atoms with Gasteiger partial charge >= 0.3 is 0 Å². The van der Waals surface area contributed by atoms with Gasteiger partial charge in [-0.05, 0) is 19.4 Å². The number of nitrogens with one attached hydrogen (secondary N) is 1. The first-order valence-electron chi connectivity index (χ1n) is 4.83. The van der Waals surface area contributed by atoms with E-state index in [9.17, 15) is 4.79 Å². The molecule has 1 unspecified atom stereocenters. The molecule has 3 N–H and O–H groups in total. The van der Waals surface area contributed by atoms with Gasteiger partial charge < -0.3 is 4.42 Å². The van der Waals surface area contributed by atoms with Crippen molar-refractivity contribution in [1.29, 1.82) is 0 Å². The van der Waals surface area contributed by atoms with Crippen LogP contribution in [0.1, 0.15) is 25.5 Å². The minimum Gasteiger partial charge on any atom is -0.468 e. The standard InChI is InChI=1S/C10H16N2O2S/c1-7(3-4-10(13)12-11)15-9-5-6-14-8(9)2/h5-7H,3-4,11H2,1-2H3,(H,12,13). The largest absolute Gasteiger partial charge is 0.468 e. The molecule has 0 aliphatic rings. The molecule has 15 heavy (non-hydrogen) atoms. The number of rotatable bonds is 5. The van der Waals surface area contributed by atoms with E-state index in [0.717, 1.165) is 17.1 Å². The van der Waals surface area contributed by atoms with Crippen molar-refractivity contribution in [3.8, 4) is 0 Å². The molecule has 1 atom stereocenters. The summed E-state index contributed by atoms with van der Waals surface area (Å²) in [5, 5.41) is 0.374. The first-order valence-corrected chi connectivity index (χ1v) is 5.71. The Morgan fingerprint density at radius 3 is 3.00 bits per heavy atom. The number of carbonyl (C=O) groups excluding carboxylic acids is 1. The molecule has 0 bridgehead atoms. The number of thioether (sulfide) groups is 1. The third-order valence-corrected chi connectivity index (χ3v) is 3.39. The second-order valence-corrected chi connectivity index (χ2v) is 4.86. The van der Waals surface area contributed by atoms with Gasteiger partial charge in [-0.25, -0.2) is 5.84 Å². The number of carbonyl (C=O) groups is 1. The zero-order chi connectivity index (χ0) is 11.3. The molecule has 0 aliphatic carbocycles. The third-order valence-electron chi connectivity index (χ3n) is 2.08. The molecule has 0 saturated carbocycles. The van der Waals surface area contributed by atoms with Crippen LogP contribution in [0.3, 0.4) is 0 Å². The Hall–Kier alpha value is -0.940. The highest BCUT2D eigenvalue weighted by atomic mass is 32.2. The van der Waals surface area contributed by atoms with Gasteiger partial charge in [0.15, 0.2) is 0 Å². The van der Waals surface area contributed by atoms with Gasteiger partial charge in [-0.15, -0.1) is 11.8 Å². The molecule has 1 heterocycles. The monoisotopic (exact) mass is 228 g/mol. The fourth-order valence-electron chi connectivity index (χ4n) is 1.18. The zero-order valence-electron chi connectivity index (χ0n) is 8.95. The van der Waals surface area contributed by atoms with Crippen LogP contribution in [0.15, 0.2) is 21.6 Å². The average molecular weight is 228 g/mol. The second-order valence-electron chi connectivity index (χ2n) is 3.38. The van der Waals surface area contributed by atoms with E-state index in [-0.39, 0.29) is 5.91 Å². The summed E-state index contributed by atoms with van der Waals surface area (Å²) in [4.78, 5) is 12.1. The molecule has 0 aromatic carbocycles. The molecule has 0 fully saturated rings. The number of amides is 1. The van der Waals surface area contributed by atoms with Crippen molar-refractivity contribution in [1.82, 2.24) is 5.43 Å². The summed E-state index contributed by atoms with van der Waals surface area (Å²) in [7, 11) is 0. The fourth-order valence-corrected chi connectivity index (χ4v) is 2.20. The van der Waals surface area contributed by atoms with E-state index in [2.05, 4.69) is 12.3 Å². The van der Waals surface area contributed by atoms with Crippen LogP contribution in [0.2, 0.25) is 0 Å². The van der Waals surface area contributed by atoms with Crippen molar-refractivity contribution in [3.63, 3.8) is 0 Å². The Morgan fingerprint density at radius 1 is 1.73 bits per heavy atom. The van der Waals surface area contributed by atoms with Crippen LogP contribution in [0, 0.1) is 6.92 Å². The van der Waals surface area contributed by atoms with Gasteiger partial charge in [-0.2, -0.15) is 0 Å². The quantitative estimate of drug-likeness (QED) is 0.349. The zero-order valence-corrected chi connectivity index (χ0v) is 9.76. The maximum absolute atomic E-state index is 10.9. The molecule has 0 radical (unpaired) electrons. The Bertz CT molecular complexity index is 325. The van der Waals surface area contributed by atoms with Crippen LogP contribution in [-0.4, -0.2) is 11.2 Å². The van der Waals surface area contributed by atoms with Gasteiger partial charge in [0.1, 0.15) is 5.76 Å². The molecule has 1 aromatic rings. The van der Waals surface area contributed by atoms with E-state index in [1.807, 2.05) is 13.0 Å². The first-order chi connectivity index (χ1) is 7.13. The van der Waals surface area contributed by atoms with Crippen molar-refractivity contribution >= 4 is 17.7 Å². The molecule has 5 heteroatoms. The van der Waals surface area contributed by atoms with E-state index < -0.39 is 0 Å². The van der Waals surface area contributed by atoms with Gasteiger partial charge in [0.2, 0.25) is 5.91 Å². The normalized spacial score (nSPS) is 12.5. The minimum absolute atomic E-state index is 0.119. The topological polar surface area (TPSA) is 68.3 Å². The summed E-state index contributed by atoms with van der Waals surface area (Å²) >= 11 is 1.71. The molecular formula is C10H16N2O2S. The molecule has 1 rings (SSSR count). The molecular weight excluding hydrogens is 212 g/mol. The Balaban J connectivity index is 2.33. The predicted molar refractivity (Wildman–Crippen MR) is 60.3 cm³/mol. The maximum atomic E-state index is 10.9. The van der Waals surface area contributed by atoms with Crippen molar-refractivity contribution in [3.05, 3.63) is 18.1 Å². The van der Waals surface area contributed by atoms with Crippen LogP contribution in [-0.2, 0) is 4.79 Å². The fraction of sp³-hybridized carbons (Fsp3) is 0.500. The maximum Gasteiger partial charge on any atom is 0.233 e. The second kappa shape index (κ2) is 5.82. The lowest BCUT2D eigenvalue weighted by molar-refractivity contribution is -0.121. The number of hydrogen-bond donors (Lipinski definition) is 2. The van der Waals surface area contributed by atoms with E-state index in [1.54, 1.807) is 18.0 Å². The van der Waals surface area contributed by atoms with Crippen LogP contribution < -0.4 is 11.3 Å². The molecule has 0 saturated heterocycles. The average Bonchev–Trinajstić information content (AvgIpc) is 2.61. The van der Waals surface area contributed by atoms with E-state index in [4.69, 9.17) is 10.3 Å². The molecule has 4 nitrogen and oxygen atoms in total. The van der Waals surface area contributed by atoms with Gasteiger partial charge in [0.05, 0.1) is 6.26 Å². The van der Waals surface area contributed by atoms with E-state index in [0.29, 0.717) is 11.7 Å². The van der Waals surface area contributed by atoms with Crippen LogP contribution in [0.4, 0.5) is 0 Å². The van der Waals surface area contributed by atoms with Crippen molar-refractivity contribution < 1.29 is 9.21 Å². The van der Waals surface area contributed by atoms with Gasteiger partial charge in [0.25, 0.3) is 0 Å². The number of furan rings is 1. The predicted octanol–water partition coefficient (Wildman–Crippen LogP) is 1.84. The van der Waals surface area contributed by atoms with Crippen LogP contribution in [0.25, 0.3) is 0 Å². The van der Waals surface area contributed by atoms with Crippen molar-refractivity contribution in [2.24, 2.45) is 5.84 Å². The molecule has 1 amide bonds. The number of hydrogen-bond acceptors (Lipinski definition) is 4. The molecule has 1 aromatic heterocycles. The highest BCUT2D eigenvalue weighted by Crippen LogP contribution is 2.29. The summed E-state index contributed by atoms with van der Waals surface area (Å²) in [6, 6.07) is 1.94. The van der Waals surface area contributed by atoms with E-state index >= 15 is 0 Å². The van der Waals surface area contributed by atoms with Crippen LogP contribution in [0.5, 0.6) is 0 Å². The number of aryl methyl sites for hydroxylation is 1. The molecule has 84 valence electrons.